The molecule has 0 fully saturated rings. The number of aromatic nitrogens is 4. The Morgan fingerprint density at radius 2 is 2.13 bits per heavy atom. The van der Waals surface area contributed by atoms with Gasteiger partial charge < -0.3 is 14.8 Å². The predicted molar refractivity (Wildman–Crippen MR) is 107 cm³/mol. The van der Waals surface area contributed by atoms with Gasteiger partial charge in [0.05, 0.1) is 23.7 Å². The molecular weight excluding hydrogens is 483 g/mol. The molecule has 0 bridgehead atoms. The van der Waals surface area contributed by atoms with E-state index in [1.165, 1.54) is 18.2 Å². The van der Waals surface area contributed by atoms with Crippen LogP contribution < -0.4 is 10.1 Å². The van der Waals surface area contributed by atoms with Crippen molar-refractivity contribution in [2.75, 3.05) is 11.9 Å². The zero-order valence-electron chi connectivity index (χ0n) is 16.0. The third-order valence-corrected chi connectivity index (χ3v) is 4.99. The Labute approximate surface area is 182 Å². The number of H-pyrrole nitrogens is 1. The van der Waals surface area contributed by atoms with E-state index in [2.05, 4.69) is 46.1 Å². The van der Waals surface area contributed by atoms with E-state index >= 15 is 0 Å². The van der Waals surface area contributed by atoms with Gasteiger partial charge in [0.25, 0.3) is 0 Å². The Morgan fingerprint density at radius 1 is 1.32 bits per heavy atom. The molecule has 0 atom stereocenters. The zero-order valence-corrected chi connectivity index (χ0v) is 17.6. The highest BCUT2D eigenvalue weighted by Crippen LogP contribution is 2.36. The summed E-state index contributed by atoms with van der Waals surface area (Å²) in [4.78, 5) is 20.8. The number of benzene rings is 1. The fraction of sp³-hybridized carbons (Fsp3) is 0.263. The van der Waals surface area contributed by atoms with E-state index in [1.54, 1.807) is 13.1 Å². The van der Waals surface area contributed by atoms with Gasteiger partial charge in [0, 0.05) is 16.2 Å². The summed E-state index contributed by atoms with van der Waals surface area (Å²) in [5, 5.41) is 9.64. The van der Waals surface area contributed by atoms with Crippen LogP contribution in [0.3, 0.4) is 0 Å². The van der Waals surface area contributed by atoms with Crippen LogP contribution in [-0.4, -0.2) is 39.1 Å². The van der Waals surface area contributed by atoms with Gasteiger partial charge in [-0.15, -0.1) is 13.2 Å². The van der Waals surface area contributed by atoms with Crippen LogP contribution in [0.5, 0.6) is 5.75 Å². The quantitative estimate of drug-likeness (QED) is 0.498. The third-order valence-electron chi connectivity index (χ3n) is 4.50. The second-order valence-electron chi connectivity index (χ2n) is 6.53. The van der Waals surface area contributed by atoms with Crippen molar-refractivity contribution in [2.24, 2.45) is 0 Å². The molecule has 0 saturated heterocycles. The minimum absolute atomic E-state index is 0.0273. The lowest BCUT2D eigenvalue weighted by Gasteiger charge is -2.17. The number of hydrogen-bond acceptors (Lipinski definition) is 7. The average Bonchev–Trinajstić information content (AvgIpc) is 3.14. The van der Waals surface area contributed by atoms with Crippen LogP contribution >= 0.6 is 15.9 Å². The maximum absolute atomic E-state index is 12.7. The van der Waals surface area contributed by atoms with Gasteiger partial charge in [0.1, 0.15) is 0 Å². The molecule has 4 rings (SSSR count). The van der Waals surface area contributed by atoms with Crippen LogP contribution in [0.2, 0.25) is 0 Å². The Hall–Kier alpha value is -3.15. The van der Waals surface area contributed by atoms with E-state index in [4.69, 9.17) is 4.74 Å². The minimum Gasteiger partial charge on any atom is -0.461 e. The van der Waals surface area contributed by atoms with Crippen molar-refractivity contribution in [3.63, 3.8) is 0 Å². The van der Waals surface area contributed by atoms with Crippen LogP contribution in [0.1, 0.15) is 28.5 Å². The number of carbonyl (C=O) groups excluding carboxylic acids is 1. The normalized spacial score (nSPS) is 12.7. The standard InChI is InChI=1S/C19H15BrF3N5O3/c1-2-30-17(29)16-11-5-3-9-8-24-18(26-14(9)15(11)27-28-16)25-12-7-10(20)4-6-13(12)31-19(21,22)23/h4,6-8H,2-3,5H2,1H3,(H,27,28)(H,24,25,26). The van der Waals surface area contributed by atoms with Crippen molar-refractivity contribution in [3.05, 3.63) is 45.7 Å². The number of aromatic amines is 1. The second kappa shape index (κ2) is 8.17. The molecule has 0 spiro atoms. The first-order valence-corrected chi connectivity index (χ1v) is 9.97. The number of alkyl halides is 3. The lowest BCUT2D eigenvalue weighted by atomic mass is 9.93. The predicted octanol–water partition coefficient (Wildman–Crippen LogP) is 4.55. The van der Waals surface area contributed by atoms with Crippen molar-refractivity contribution in [2.45, 2.75) is 26.1 Å². The molecule has 0 radical (unpaired) electrons. The molecule has 1 aliphatic rings. The summed E-state index contributed by atoms with van der Waals surface area (Å²) in [6.45, 7) is 1.93. The lowest BCUT2D eigenvalue weighted by molar-refractivity contribution is -0.274. The summed E-state index contributed by atoms with van der Waals surface area (Å²) in [6, 6.07) is 4.02. The van der Waals surface area contributed by atoms with Crippen LogP contribution in [-0.2, 0) is 17.6 Å². The highest BCUT2D eigenvalue weighted by molar-refractivity contribution is 9.10. The van der Waals surface area contributed by atoms with Gasteiger partial charge >= 0.3 is 12.3 Å². The molecule has 8 nitrogen and oxygen atoms in total. The SMILES string of the molecule is CCOC(=O)c1n[nH]c2c1CCc1cnc(Nc3cc(Br)ccc3OC(F)(F)F)nc1-2. The minimum atomic E-state index is -4.85. The first-order valence-electron chi connectivity index (χ1n) is 9.18. The fourth-order valence-corrected chi connectivity index (χ4v) is 3.59. The Morgan fingerprint density at radius 3 is 2.87 bits per heavy atom. The van der Waals surface area contributed by atoms with Crippen LogP contribution in [0, 0.1) is 0 Å². The van der Waals surface area contributed by atoms with E-state index in [0.29, 0.717) is 34.3 Å². The number of rotatable bonds is 5. The summed E-state index contributed by atoms with van der Waals surface area (Å²) >= 11 is 3.23. The molecule has 162 valence electrons. The third kappa shape index (κ3) is 4.48. The topological polar surface area (TPSA) is 102 Å². The first kappa shape index (κ1) is 21.1. The zero-order chi connectivity index (χ0) is 22.2. The summed E-state index contributed by atoms with van der Waals surface area (Å²) < 4.78 is 47.8. The number of nitrogens with one attached hydrogen (secondary N) is 2. The number of hydrogen-bond donors (Lipinski definition) is 2. The molecule has 1 aromatic carbocycles. The highest BCUT2D eigenvalue weighted by Gasteiger charge is 2.32. The van der Waals surface area contributed by atoms with Gasteiger partial charge in [-0.2, -0.15) is 5.10 Å². The number of aryl methyl sites for hydroxylation is 1. The molecule has 3 aromatic rings. The van der Waals surface area contributed by atoms with Gasteiger partial charge in [-0.1, -0.05) is 15.9 Å². The molecule has 12 heteroatoms. The summed E-state index contributed by atoms with van der Waals surface area (Å²) in [6.07, 6.45) is -2.14. The number of halogens is 4. The number of esters is 1. The molecule has 0 saturated carbocycles. The Kier molecular flexibility index (Phi) is 5.56. The van der Waals surface area contributed by atoms with Gasteiger partial charge in [-0.3, -0.25) is 5.10 Å². The second-order valence-corrected chi connectivity index (χ2v) is 7.44. The molecule has 31 heavy (non-hydrogen) atoms. The largest absolute Gasteiger partial charge is 0.573 e. The molecule has 0 unspecified atom stereocenters. The van der Waals surface area contributed by atoms with Crippen LogP contribution in [0.4, 0.5) is 24.8 Å². The molecule has 2 heterocycles. The fourth-order valence-electron chi connectivity index (χ4n) is 3.23. The van der Waals surface area contributed by atoms with E-state index in [-0.39, 0.29) is 23.9 Å². The monoisotopic (exact) mass is 497 g/mol. The molecule has 2 aromatic heterocycles. The summed E-state index contributed by atoms with van der Waals surface area (Å²) in [5.41, 5.74) is 2.78. The molecule has 0 aliphatic heterocycles. The van der Waals surface area contributed by atoms with Gasteiger partial charge in [0.2, 0.25) is 5.95 Å². The van der Waals surface area contributed by atoms with Crippen molar-refractivity contribution in [1.82, 2.24) is 20.2 Å². The van der Waals surface area contributed by atoms with Crippen LogP contribution in [0.15, 0.2) is 28.9 Å². The Bertz CT molecular complexity index is 1150. The van der Waals surface area contributed by atoms with Crippen molar-refractivity contribution in [3.8, 4) is 17.1 Å². The van der Waals surface area contributed by atoms with Crippen LogP contribution in [0.25, 0.3) is 11.4 Å². The molecule has 2 N–H and O–H groups in total. The van der Waals surface area contributed by atoms with E-state index in [9.17, 15) is 18.0 Å². The van der Waals surface area contributed by atoms with Crippen molar-refractivity contribution >= 4 is 33.5 Å². The van der Waals surface area contributed by atoms with Crippen molar-refractivity contribution in [1.29, 1.82) is 0 Å². The summed E-state index contributed by atoms with van der Waals surface area (Å²) in [7, 11) is 0. The van der Waals surface area contributed by atoms with Gasteiger partial charge in [0.15, 0.2) is 11.4 Å². The summed E-state index contributed by atoms with van der Waals surface area (Å²) in [5.74, 6) is -0.896. The highest BCUT2D eigenvalue weighted by atomic mass is 79.9. The number of carbonyl (C=O) groups is 1. The first-order chi connectivity index (χ1) is 14.7. The van der Waals surface area contributed by atoms with E-state index in [0.717, 1.165) is 5.56 Å². The number of nitrogens with zero attached hydrogens (tertiary/aromatic N) is 3. The molecular formula is C19H15BrF3N5O3. The Balaban J connectivity index is 1.68. The number of ether oxygens (including phenoxy) is 2. The average molecular weight is 498 g/mol. The number of anilines is 2. The maximum Gasteiger partial charge on any atom is 0.573 e. The molecule has 1 aliphatic carbocycles. The molecule has 0 amide bonds. The maximum atomic E-state index is 12.7. The lowest BCUT2D eigenvalue weighted by Crippen LogP contribution is -2.18. The van der Waals surface area contributed by atoms with Crippen molar-refractivity contribution < 1.29 is 27.4 Å². The van der Waals surface area contributed by atoms with E-state index < -0.39 is 18.1 Å². The number of fused-ring (bicyclic) bond motifs is 3. The van der Waals surface area contributed by atoms with Gasteiger partial charge in [-0.25, -0.2) is 14.8 Å². The smallest absolute Gasteiger partial charge is 0.461 e. The van der Waals surface area contributed by atoms with E-state index in [1.807, 2.05) is 0 Å². The van der Waals surface area contributed by atoms with Gasteiger partial charge in [-0.05, 0) is 43.5 Å².